The van der Waals surface area contributed by atoms with Gasteiger partial charge in [0.05, 0.1) is 21.3 Å². The largest absolute Gasteiger partial charge is 0.493 e. The molecule has 4 rings (SSSR count). The van der Waals surface area contributed by atoms with Crippen LogP contribution in [0.15, 0.2) is 50.0 Å². The van der Waals surface area contributed by atoms with Crippen LogP contribution in [0.5, 0.6) is 17.2 Å². The molecule has 0 saturated carbocycles. The van der Waals surface area contributed by atoms with Crippen LogP contribution in [-0.2, 0) is 0 Å². The lowest BCUT2D eigenvalue weighted by molar-refractivity contribution is 0.324. The summed E-state index contributed by atoms with van der Waals surface area (Å²) in [7, 11) is 4.56. The van der Waals surface area contributed by atoms with E-state index < -0.39 is 5.63 Å². The first kappa shape index (κ1) is 22.2. The van der Waals surface area contributed by atoms with E-state index >= 15 is 0 Å². The lowest BCUT2D eigenvalue weighted by Crippen LogP contribution is -2.21. The summed E-state index contributed by atoms with van der Waals surface area (Å²) in [6.07, 6.45) is 0. The molecule has 0 amide bonds. The molecule has 0 unspecified atom stereocenters. The monoisotopic (exact) mass is 451 g/mol. The van der Waals surface area contributed by atoms with Gasteiger partial charge in [0.15, 0.2) is 11.5 Å². The molecule has 2 aromatic heterocycles. The highest BCUT2D eigenvalue weighted by Gasteiger charge is 2.20. The van der Waals surface area contributed by atoms with Gasteiger partial charge in [0, 0.05) is 35.8 Å². The summed E-state index contributed by atoms with van der Waals surface area (Å²) < 4.78 is 27.5. The van der Waals surface area contributed by atoms with Crippen LogP contribution >= 0.6 is 0 Å². The average molecular weight is 451 g/mol. The quantitative estimate of drug-likeness (QED) is 0.361. The molecule has 0 atom stereocenters. The predicted molar refractivity (Wildman–Crippen MR) is 124 cm³/mol. The summed E-state index contributed by atoms with van der Waals surface area (Å²) in [5, 5.41) is 8.91. The van der Waals surface area contributed by atoms with Crippen LogP contribution < -0.4 is 24.7 Å². The average Bonchev–Trinajstić information content (AvgIpc) is 3.33. The SMILES string of the molecule is CCN(CC)c1ccc2cc(-c3nnc(-c4cc(OC)c(OC)c(OC)c4)o3)c(=O)oc2c1. The molecule has 0 fully saturated rings. The van der Waals surface area contributed by atoms with E-state index in [1.807, 2.05) is 18.2 Å². The third-order valence-corrected chi connectivity index (χ3v) is 5.42. The Hall–Kier alpha value is -4.01. The van der Waals surface area contributed by atoms with Crippen molar-refractivity contribution in [3.8, 4) is 40.2 Å². The third kappa shape index (κ3) is 4.09. The van der Waals surface area contributed by atoms with Crippen molar-refractivity contribution in [1.82, 2.24) is 10.2 Å². The van der Waals surface area contributed by atoms with Crippen LogP contribution in [0.2, 0.25) is 0 Å². The molecule has 9 nitrogen and oxygen atoms in total. The van der Waals surface area contributed by atoms with Crippen molar-refractivity contribution >= 4 is 16.7 Å². The molecule has 0 spiro atoms. The van der Waals surface area contributed by atoms with Crippen molar-refractivity contribution in [3.63, 3.8) is 0 Å². The smallest absolute Gasteiger partial charge is 0.349 e. The lowest BCUT2D eigenvalue weighted by atomic mass is 10.1. The number of nitrogens with zero attached hydrogens (tertiary/aromatic N) is 3. The molecule has 2 aromatic carbocycles. The molecular weight excluding hydrogens is 426 g/mol. The Morgan fingerprint density at radius 3 is 2.12 bits per heavy atom. The fourth-order valence-electron chi connectivity index (χ4n) is 3.69. The zero-order valence-corrected chi connectivity index (χ0v) is 19.2. The van der Waals surface area contributed by atoms with Crippen molar-refractivity contribution in [2.75, 3.05) is 39.3 Å². The summed E-state index contributed by atoms with van der Waals surface area (Å²) in [6, 6.07) is 10.8. The minimum atomic E-state index is -0.556. The van der Waals surface area contributed by atoms with Gasteiger partial charge in [-0.15, -0.1) is 10.2 Å². The molecule has 33 heavy (non-hydrogen) atoms. The number of fused-ring (bicyclic) bond motifs is 1. The van der Waals surface area contributed by atoms with Gasteiger partial charge in [0.1, 0.15) is 11.1 Å². The van der Waals surface area contributed by atoms with Crippen LogP contribution in [0.1, 0.15) is 13.8 Å². The maximum Gasteiger partial charge on any atom is 0.349 e. The third-order valence-electron chi connectivity index (χ3n) is 5.42. The van der Waals surface area contributed by atoms with Gasteiger partial charge >= 0.3 is 5.63 Å². The fraction of sp³-hybridized carbons (Fsp3) is 0.292. The maximum atomic E-state index is 12.7. The fourth-order valence-corrected chi connectivity index (χ4v) is 3.69. The molecule has 0 N–H and O–H groups in total. The Kier molecular flexibility index (Phi) is 6.21. The summed E-state index contributed by atoms with van der Waals surface area (Å²) >= 11 is 0. The van der Waals surface area contributed by atoms with Crippen LogP contribution in [0.4, 0.5) is 5.69 Å². The first-order valence-corrected chi connectivity index (χ1v) is 10.5. The Morgan fingerprint density at radius 2 is 1.52 bits per heavy atom. The molecule has 4 aromatic rings. The highest BCUT2D eigenvalue weighted by molar-refractivity contribution is 5.83. The topological polar surface area (TPSA) is 100 Å². The zero-order chi connectivity index (χ0) is 23.5. The number of anilines is 1. The van der Waals surface area contributed by atoms with Crippen LogP contribution in [-0.4, -0.2) is 44.6 Å². The number of hydrogen-bond acceptors (Lipinski definition) is 9. The van der Waals surface area contributed by atoms with Crippen LogP contribution in [0.3, 0.4) is 0 Å². The Morgan fingerprint density at radius 1 is 0.848 bits per heavy atom. The predicted octanol–water partition coefficient (Wildman–Crippen LogP) is 4.38. The number of rotatable bonds is 8. The van der Waals surface area contributed by atoms with Gasteiger partial charge in [0.2, 0.25) is 11.6 Å². The Labute approximate surface area is 190 Å². The van der Waals surface area contributed by atoms with Gasteiger partial charge in [-0.25, -0.2) is 4.79 Å². The summed E-state index contributed by atoms with van der Waals surface area (Å²) in [5.74, 6) is 1.59. The zero-order valence-electron chi connectivity index (χ0n) is 19.2. The van der Waals surface area contributed by atoms with Gasteiger partial charge in [-0.3, -0.25) is 0 Å². The van der Waals surface area contributed by atoms with E-state index in [9.17, 15) is 4.79 Å². The standard InChI is InChI=1S/C24H25N3O6/c1-6-27(7-2)16-9-8-14-10-17(24(28)32-18(14)13-16)23-26-25-22(33-23)15-11-19(29-3)21(31-5)20(12-15)30-4/h8-13H,6-7H2,1-5H3. The summed E-state index contributed by atoms with van der Waals surface area (Å²) in [5.41, 5.74) is 1.67. The van der Waals surface area contributed by atoms with Gasteiger partial charge in [-0.2, -0.15) is 0 Å². The second kappa shape index (κ2) is 9.23. The van der Waals surface area contributed by atoms with Crippen molar-refractivity contribution in [3.05, 3.63) is 46.8 Å². The van der Waals surface area contributed by atoms with E-state index in [0.29, 0.717) is 28.4 Å². The van der Waals surface area contributed by atoms with E-state index in [1.165, 1.54) is 21.3 Å². The Balaban J connectivity index is 1.74. The number of aromatic nitrogens is 2. The molecule has 2 heterocycles. The van der Waals surface area contributed by atoms with Crippen molar-refractivity contribution in [1.29, 1.82) is 0 Å². The first-order valence-electron chi connectivity index (χ1n) is 10.5. The molecular formula is C24H25N3O6. The van der Waals surface area contributed by atoms with Crippen LogP contribution in [0.25, 0.3) is 33.9 Å². The maximum absolute atomic E-state index is 12.7. The highest BCUT2D eigenvalue weighted by Crippen LogP contribution is 2.41. The molecule has 0 bridgehead atoms. The van der Waals surface area contributed by atoms with E-state index in [1.54, 1.807) is 18.2 Å². The number of benzene rings is 2. The second-order valence-electron chi connectivity index (χ2n) is 7.17. The summed E-state index contributed by atoms with van der Waals surface area (Å²) in [4.78, 5) is 14.9. The van der Waals surface area contributed by atoms with Crippen molar-refractivity contribution in [2.24, 2.45) is 0 Å². The minimum absolute atomic E-state index is 0.0576. The van der Waals surface area contributed by atoms with E-state index in [4.69, 9.17) is 23.0 Å². The molecule has 0 saturated heterocycles. The normalized spacial score (nSPS) is 10.9. The van der Waals surface area contributed by atoms with Gasteiger partial charge in [0.25, 0.3) is 5.89 Å². The number of ether oxygens (including phenoxy) is 3. The van der Waals surface area contributed by atoms with Crippen molar-refractivity contribution < 1.29 is 23.0 Å². The molecule has 0 aliphatic heterocycles. The van der Waals surface area contributed by atoms with E-state index in [-0.39, 0.29) is 17.3 Å². The van der Waals surface area contributed by atoms with Gasteiger partial charge in [-0.05, 0) is 44.2 Å². The van der Waals surface area contributed by atoms with Crippen molar-refractivity contribution in [2.45, 2.75) is 13.8 Å². The first-order chi connectivity index (χ1) is 16.0. The minimum Gasteiger partial charge on any atom is -0.493 e. The molecule has 0 aliphatic rings. The van der Waals surface area contributed by atoms with Gasteiger partial charge in [-0.1, -0.05) is 0 Å². The summed E-state index contributed by atoms with van der Waals surface area (Å²) in [6.45, 7) is 5.87. The Bertz CT molecular complexity index is 1310. The molecule has 0 aliphatic carbocycles. The lowest BCUT2D eigenvalue weighted by Gasteiger charge is -2.20. The number of methoxy groups -OCH3 is 3. The van der Waals surface area contributed by atoms with Gasteiger partial charge < -0.3 is 27.9 Å². The van der Waals surface area contributed by atoms with E-state index in [0.717, 1.165) is 24.2 Å². The molecule has 0 radical (unpaired) electrons. The molecule has 9 heteroatoms. The second-order valence-corrected chi connectivity index (χ2v) is 7.17. The number of hydrogen-bond donors (Lipinski definition) is 0. The highest BCUT2D eigenvalue weighted by atomic mass is 16.5. The van der Waals surface area contributed by atoms with Crippen LogP contribution in [0, 0.1) is 0 Å². The van der Waals surface area contributed by atoms with E-state index in [2.05, 4.69) is 28.9 Å². The molecule has 172 valence electrons.